The lowest BCUT2D eigenvalue weighted by Crippen LogP contribution is -2.81. The summed E-state index contributed by atoms with van der Waals surface area (Å²) in [5.74, 6) is -1.88. The van der Waals surface area contributed by atoms with Crippen LogP contribution in [0.25, 0.3) is 22.1 Å². The van der Waals surface area contributed by atoms with Crippen LogP contribution in [-0.2, 0) is 55.4 Å². The second-order valence-electron chi connectivity index (χ2n) is 22.4. The SMILES string of the molecule is CC[C@]1(O)C[C@H]2CN(CCc3c([nH]c4ccccc34)[C@@](C(=O)OC)(c3cc4c(cc3OC)N(C=O)[C@H]3[C@@](O)(C(=O)OC)[C@H](OC(C)=O)[C@]5(CC)C=CCN6CC[C@]43[C@@H]65)C2)C1.Nc1nc(Cl)nc2c1ncn2[C@H]1C[C@H](O)[C@@H](CO)O1. The van der Waals surface area contributed by atoms with Crippen molar-refractivity contribution in [3.05, 3.63) is 82.5 Å². The average molecular weight is 1110 g/mol. The number of halogens is 1. The van der Waals surface area contributed by atoms with Crippen LogP contribution in [0.3, 0.4) is 0 Å². The molecule has 1 aliphatic carbocycles. The maximum absolute atomic E-state index is 15.3. The number of esters is 3. The summed E-state index contributed by atoms with van der Waals surface area (Å²) in [7, 11) is 4.09. The molecule has 2 bridgehead atoms. The van der Waals surface area contributed by atoms with Crippen LogP contribution in [0, 0.1) is 11.3 Å². The zero-order valence-electron chi connectivity index (χ0n) is 45.1. The van der Waals surface area contributed by atoms with Gasteiger partial charge in [-0.3, -0.25) is 28.8 Å². The van der Waals surface area contributed by atoms with E-state index in [9.17, 15) is 29.7 Å². The summed E-state index contributed by atoms with van der Waals surface area (Å²) in [6.45, 7) is 7.91. The third-order valence-corrected chi connectivity index (χ3v) is 18.8. The number of hydrogen-bond donors (Lipinski definition) is 6. The molecule has 0 radical (unpaired) electrons. The van der Waals surface area contributed by atoms with Gasteiger partial charge in [-0.2, -0.15) is 9.97 Å². The molecule has 3 aromatic heterocycles. The number of benzene rings is 2. The number of nitrogen functional groups attached to an aromatic ring is 1. The molecule has 79 heavy (non-hydrogen) atoms. The Morgan fingerprint density at radius 3 is 2.47 bits per heavy atom. The molecule has 13 atom stereocenters. The Morgan fingerprint density at radius 2 is 1.78 bits per heavy atom. The fourth-order valence-corrected chi connectivity index (χ4v) is 15.7. The molecular weight excluding hydrogens is 1040 g/mol. The van der Waals surface area contributed by atoms with Gasteiger partial charge in [0.1, 0.15) is 29.0 Å². The summed E-state index contributed by atoms with van der Waals surface area (Å²) in [6.07, 6.45) is 5.85. The van der Waals surface area contributed by atoms with E-state index < -0.39 is 82.0 Å². The first-order valence-electron chi connectivity index (χ1n) is 27.0. The van der Waals surface area contributed by atoms with Crippen molar-refractivity contribution in [3.8, 4) is 5.75 Å². The maximum atomic E-state index is 15.3. The van der Waals surface area contributed by atoms with Gasteiger partial charge in [-0.05, 0) is 85.8 Å². The van der Waals surface area contributed by atoms with Crippen molar-refractivity contribution in [3.63, 3.8) is 0 Å². The number of para-hydroxylation sites is 1. The fourth-order valence-electron chi connectivity index (χ4n) is 15.5. The van der Waals surface area contributed by atoms with E-state index in [1.54, 1.807) is 10.6 Å². The van der Waals surface area contributed by atoms with Crippen molar-refractivity contribution in [2.75, 3.05) is 71.3 Å². The van der Waals surface area contributed by atoms with Crippen LogP contribution in [0.1, 0.15) is 87.9 Å². The van der Waals surface area contributed by atoms with Crippen LogP contribution in [0.4, 0.5) is 11.5 Å². The highest BCUT2D eigenvalue weighted by molar-refractivity contribution is 6.28. The molecular formula is C56H68ClN9O13. The molecule has 1 unspecified atom stereocenters. The summed E-state index contributed by atoms with van der Waals surface area (Å²) in [6, 6.07) is 9.97. The average Bonchev–Trinajstić information content (AvgIpc) is 4.41. The van der Waals surface area contributed by atoms with E-state index >= 15 is 4.79 Å². The minimum absolute atomic E-state index is 0.0176. The van der Waals surface area contributed by atoms with Crippen LogP contribution in [0.5, 0.6) is 5.75 Å². The summed E-state index contributed by atoms with van der Waals surface area (Å²) >= 11 is 5.77. The van der Waals surface area contributed by atoms with Gasteiger partial charge in [0.2, 0.25) is 17.3 Å². The number of aliphatic hydroxyl groups excluding tert-OH is 2. The fraction of sp³-hybridized carbons (Fsp3) is 0.554. The second-order valence-corrected chi connectivity index (χ2v) is 22.8. The molecule has 2 aromatic carbocycles. The van der Waals surface area contributed by atoms with Gasteiger partial charge in [-0.25, -0.2) is 9.78 Å². The standard InChI is InChI=1S/C46H56N4O10.C10H12ClN5O3/c1-7-42(55)22-28-23-45(40(53)58-5,36-30(14-18-48(24-28)25-42)29-12-9-10-13-33(29)47-36)32-20-31-34(21-35(32)57-4)50(26-51)38-44(31)16-19-49-17-11-15-43(8-2,37(44)49)39(60-27(3)52)46(38,56)41(54)59-6;11-10-14-8(12)7-9(15-10)16(3-13-7)6-1-4(18)5(2-17)19-6/h9-13,15,20-21,26,28,37-39,47,55-56H,7-8,14,16-19,22-25H2,1-6H3;3-6,17-18H,1-2H2,(H2,12,14,15)/t28-,37+,38-,39-,42+,43-,44-,45+,46+;4-,5+,6+/m10/s1. The van der Waals surface area contributed by atoms with Crippen molar-refractivity contribution in [1.29, 1.82) is 0 Å². The third kappa shape index (κ3) is 8.01. The number of nitrogens with two attached hydrogens (primary N) is 1. The van der Waals surface area contributed by atoms with Gasteiger partial charge >= 0.3 is 17.9 Å². The third-order valence-electron chi connectivity index (χ3n) is 18.6. The molecule has 5 aromatic rings. The topological polar surface area (TPSA) is 290 Å². The van der Waals surface area contributed by atoms with E-state index in [0.29, 0.717) is 117 Å². The number of nitrogens with one attached hydrogen (secondary N) is 1. The van der Waals surface area contributed by atoms with Gasteiger partial charge in [0, 0.05) is 84.6 Å². The number of imidazole rings is 1. The van der Waals surface area contributed by atoms with E-state index in [1.807, 2.05) is 50.3 Å². The van der Waals surface area contributed by atoms with Gasteiger partial charge in [0.25, 0.3) is 0 Å². The molecule has 6 aliphatic heterocycles. The number of hydrogen-bond acceptors (Lipinski definition) is 19. The van der Waals surface area contributed by atoms with Crippen LogP contribution < -0.4 is 15.4 Å². The van der Waals surface area contributed by atoms with Gasteiger partial charge < -0.3 is 59.7 Å². The van der Waals surface area contributed by atoms with E-state index in [4.69, 9.17) is 46.1 Å². The monoisotopic (exact) mass is 1110 g/mol. The zero-order valence-corrected chi connectivity index (χ0v) is 45.8. The number of carbonyl (C=O) groups excluding carboxylic acids is 4. The van der Waals surface area contributed by atoms with Gasteiger partial charge in [-0.1, -0.05) is 44.2 Å². The molecule has 4 fully saturated rings. The van der Waals surface area contributed by atoms with Gasteiger partial charge in [-0.15, -0.1) is 0 Å². The van der Waals surface area contributed by atoms with Crippen molar-refractivity contribution in [2.24, 2.45) is 11.3 Å². The molecule has 12 rings (SSSR count). The highest BCUT2D eigenvalue weighted by atomic mass is 35.5. The molecule has 22 nitrogen and oxygen atoms in total. The number of ether oxygens (including phenoxy) is 5. The van der Waals surface area contributed by atoms with Crippen molar-refractivity contribution in [1.82, 2.24) is 34.3 Å². The number of fused-ring (bicyclic) bond motifs is 7. The quantitative estimate of drug-likeness (QED) is 0.0385. The Morgan fingerprint density at radius 1 is 1.01 bits per heavy atom. The number of aromatic nitrogens is 5. The Balaban J connectivity index is 0.000000291. The molecule has 7 aliphatic rings. The molecule has 7 N–H and O–H groups in total. The largest absolute Gasteiger partial charge is 0.496 e. The molecule has 9 heterocycles. The first kappa shape index (κ1) is 54.7. The van der Waals surface area contributed by atoms with Crippen LogP contribution in [0.2, 0.25) is 5.28 Å². The lowest BCUT2D eigenvalue weighted by molar-refractivity contribution is -0.228. The van der Waals surface area contributed by atoms with E-state index in [0.717, 1.165) is 16.5 Å². The maximum Gasteiger partial charge on any atom is 0.344 e. The summed E-state index contributed by atoms with van der Waals surface area (Å²) in [5.41, 5.74) is 3.42. The number of piperidine rings is 1. The van der Waals surface area contributed by atoms with Crippen molar-refractivity contribution >= 4 is 69.5 Å². The van der Waals surface area contributed by atoms with E-state index in [2.05, 4.69) is 35.8 Å². The number of anilines is 2. The number of rotatable bonds is 10. The number of aromatic amines is 1. The van der Waals surface area contributed by atoms with Crippen LogP contribution in [-0.4, -0.2) is 181 Å². The Labute approximate surface area is 460 Å². The van der Waals surface area contributed by atoms with Crippen LogP contribution in [0.15, 0.2) is 54.9 Å². The number of methoxy groups -OCH3 is 3. The van der Waals surface area contributed by atoms with Crippen molar-refractivity contribution < 1.29 is 63.3 Å². The molecule has 1 spiro atoms. The Hall–Kier alpha value is -6.24. The predicted molar refractivity (Wildman–Crippen MR) is 287 cm³/mol. The highest BCUT2D eigenvalue weighted by Crippen LogP contribution is 2.68. The summed E-state index contributed by atoms with van der Waals surface area (Å²) in [4.78, 5) is 78.1. The molecule has 1 amide bonds. The Bertz CT molecular complexity index is 3280. The summed E-state index contributed by atoms with van der Waals surface area (Å²) in [5, 5.41) is 45.1. The minimum atomic E-state index is -2.53. The lowest BCUT2D eigenvalue weighted by atomic mass is 9.47. The van der Waals surface area contributed by atoms with E-state index in [1.165, 1.54) is 39.5 Å². The summed E-state index contributed by atoms with van der Waals surface area (Å²) < 4.78 is 30.8. The van der Waals surface area contributed by atoms with Gasteiger partial charge in [0.05, 0.1) is 57.7 Å². The number of carbonyl (C=O) groups is 4. The number of H-pyrrole nitrogens is 1. The van der Waals surface area contributed by atoms with Gasteiger partial charge in [0.15, 0.2) is 17.6 Å². The first-order chi connectivity index (χ1) is 37.9. The lowest BCUT2D eigenvalue weighted by Gasteiger charge is -2.63. The van der Waals surface area contributed by atoms with Crippen molar-refractivity contribution in [2.45, 2.75) is 124 Å². The number of amides is 1. The minimum Gasteiger partial charge on any atom is -0.496 e. The predicted octanol–water partition coefficient (Wildman–Crippen LogP) is 3.22. The molecule has 422 valence electrons. The second kappa shape index (κ2) is 20.1. The number of aliphatic hydroxyl groups is 4. The van der Waals surface area contributed by atoms with Crippen LogP contribution >= 0.6 is 11.6 Å². The normalized spacial score (nSPS) is 34.2. The van der Waals surface area contributed by atoms with E-state index in [-0.39, 0.29) is 30.0 Å². The highest BCUT2D eigenvalue weighted by Gasteiger charge is 2.81. The molecule has 1 saturated carbocycles. The Kier molecular flexibility index (Phi) is 13.9. The number of nitrogens with zero attached hydrogens (tertiary/aromatic N) is 7. The molecule has 23 heteroatoms. The smallest absolute Gasteiger partial charge is 0.344 e. The zero-order chi connectivity index (χ0) is 56.1. The molecule has 3 saturated heterocycles. The first-order valence-corrected chi connectivity index (χ1v) is 27.3.